The summed E-state index contributed by atoms with van der Waals surface area (Å²) in [5, 5.41) is 0. The van der Waals surface area contributed by atoms with Crippen molar-refractivity contribution < 1.29 is 0 Å². The van der Waals surface area contributed by atoms with Crippen molar-refractivity contribution >= 4 is 22.6 Å². The Morgan fingerprint density at radius 1 is 1.25 bits per heavy atom. The Bertz CT molecular complexity index is 338. The maximum atomic E-state index is 4.57. The Balaban J connectivity index is 2.98. The number of nitrogens with zero attached hydrogens (tertiary/aromatic N) is 3. The fourth-order valence-corrected chi connectivity index (χ4v) is 2.50. The summed E-state index contributed by atoms with van der Waals surface area (Å²) in [6, 6.07) is 0. The summed E-state index contributed by atoms with van der Waals surface area (Å²) >= 11 is 2.32. The average molecular weight is 333 g/mol. The third kappa shape index (κ3) is 3.97. The van der Waals surface area contributed by atoms with Crippen LogP contribution in [0.5, 0.6) is 0 Å². The SMILES string of the molecule is Cc1nc(CN(C)C)nc(I)c1CC(C)C. The molecule has 90 valence electrons. The van der Waals surface area contributed by atoms with Crippen molar-refractivity contribution in [3.63, 3.8) is 0 Å². The molecule has 0 aromatic carbocycles. The largest absolute Gasteiger partial charge is 0.302 e. The highest BCUT2D eigenvalue weighted by molar-refractivity contribution is 14.1. The number of hydrogen-bond donors (Lipinski definition) is 0. The van der Waals surface area contributed by atoms with Crippen LogP contribution in [0.25, 0.3) is 0 Å². The van der Waals surface area contributed by atoms with Crippen LogP contribution in [0.3, 0.4) is 0 Å². The molecule has 0 fully saturated rings. The van der Waals surface area contributed by atoms with Crippen LogP contribution in [0.4, 0.5) is 0 Å². The number of hydrogen-bond acceptors (Lipinski definition) is 3. The predicted octanol–water partition coefficient (Wildman–Crippen LogP) is 2.65. The lowest BCUT2D eigenvalue weighted by Crippen LogP contribution is -2.16. The van der Waals surface area contributed by atoms with E-state index in [1.54, 1.807) is 0 Å². The Hall–Kier alpha value is -0.230. The first kappa shape index (κ1) is 13.8. The molecule has 1 rings (SSSR count). The third-order valence-electron chi connectivity index (χ3n) is 2.28. The van der Waals surface area contributed by atoms with E-state index in [0.29, 0.717) is 5.92 Å². The van der Waals surface area contributed by atoms with Crippen molar-refractivity contribution in [1.29, 1.82) is 0 Å². The van der Waals surface area contributed by atoms with Gasteiger partial charge in [-0.1, -0.05) is 13.8 Å². The van der Waals surface area contributed by atoms with Gasteiger partial charge in [-0.3, -0.25) is 0 Å². The highest BCUT2D eigenvalue weighted by atomic mass is 127. The van der Waals surface area contributed by atoms with Crippen LogP contribution in [0.1, 0.15) is 30.9 Å². The van der Waals surface area contributed by atoms with Crippen molar-refractivity contribution in [2.24, 2.45) is 5.92 Å². The lowest BCUT2D eigenvalue weighted by Gasteiger charge is -2.13. The summed E-state index contributed by atoms with van der Waals surface area (Å²) < 4.78 is 1.11. The molecular formula is C12H20IN3. The van der Waals surface area contributed by atoms with Gasteiger partial charge in [0.15, 0.2) is 0 Å². The van der Waals surface area contributed by atoms with Gasteiger partial charge in [-0.2, -0.15) is 0 Å². The zero-order valence-corrected chi connectivity index (χ0v) is 12.9. The minimum absolute atomic E-state index is 0.649. The number of aryl methyl sites for hydroxylation is 1. The molecular weight excluding hydrogens is 313 g/mol. The maximum Gasteiger partial charge on any atom is 0.143 e. The Morgan fingerprint density at radius 2 is 1.88 bits per heavy atom. The second-order valence-corrected chi connectivity index (χ2v) is 5.85. The fraction of sp³-hybridized carbons (Fsp3) is 0.667. The average Bonchev–Trinajstić information content (AvgIpc) is 2.10. The molecule has 0 unspecified atom stereocenters. The van der Waals surface area contributed by atoms with Gasteiger partial charge in [0.2, 0.25) is 0 Å². The van der Waals surface area contributed by atoms with Crippen molar-refractivity contribution in [1.82, 2.24) is 14.9 Å². The van der Waals surface area contributed by atoms with Gasteiger partial charge in [-0.25, -0.2) is 9.97 Å². The first-order valence-electron chi connectivity index (χ1n) is 5.56. The topological polar surface area (TPSA) is 29.0 Å². The zero-order valence-electron chi connectivity index (χ0n) is 10.7. The molecule has 0 bridgehead atoms. The molecule has 1 aromatic heterocycles. The Morgan fingerprint density at radius 3 is 2.31 bits per heavy atom. The summed E-state index contributed by atoms with van der Waals surface area (Å²) in [4.78, 5) is 11.2. The van der Waals surface area contributed by atoms with E-state index < -0.39 is 0 Å². The molecule has 0 aliphatic carbocycles. The van der Waals surface area contributed by atoms with Gasteiger partial charge < -0.3 is 4.90 Å². The van der Waals surface area contributed by atoms with Crippen LogP contribution in [0.15, 0.2) is 0 Å². The molecule has 0 amide bonds. The van der Waals surface area contributed by atoms with E-state index in [2.05, 4.69) is 58.2 Å². The molecule has 1 heterocycles. The molecule has 0 spiro atoms. The minimum Gasteiger partial charge on any atom is -0.302 e. The van der Waals surface area contributed by atoms with Crippen molar-refractivity contribution in [2.45, 2.75) is 33.7 Å². The maximum absolute atomic E-state index is 4.57. The van der Waals surface area contributed by atoms with Gasteiger partial charge in [0.1, 0.15) is 9.53 Å². The van der Waals surface area contributed by atoms with Gasteiger partial charge in [0.05, 0.1) is 6.54 Å². The Labute approximate surface area is 112 Å². The quantitative estimate of drug-likeness (QED) is 0.627. The van der Waals surface area contributed by atoms with E-state index in [0.717, 1.165) is 28.2 Å². The summed E-state index contributed by atoms with van der Waals surface area (Å²) in [6.07, 6.45) is 1.06. The first-order chi connectivity index (χ1) is 7.40. The van der Waals surface area contributed by atoms with Crippen LogP contribution in [0, 0.1) is 16.5 Å². The number of aromatic nitrogens is 2. The van der Waals surface area contributed by atoms with Gasteiger partial charge in [0, 0.05) is 11.3 Å². The smallest absolute Gasteiger partial charge is 0.143 e. The van der Waals surface area contributed by atoms with E-state index in [-0.39, 0.29) is 0 Å². The zero-order chi connectivity index (χ0) is 12.3. The van der Waals surface area contributed by atoms with Crippen LogP contribution in [-0.4, -0.2) is 29.0 Å². The molecule has 4 heteroatoms. The number of rotatable bonds is 4. The standard InChI is InChI=1S/C12H20IN3/c1-8(2)6-10-9(3)14-11(7-16(4)5)15-12(10)13/h8H,6-7H2,1-5H3. The van der Waals surface area contributed by atoms with E-state index in [1.165, 1.54) is 5.56 Å². The molecule has 0 N–H and O–H groups in total. The van der Waals surface area contributed by atoms with Crippen molar-refractivity contribution in [2.75, 3.05) is 14.1 Å². The second kappa shape index (κ2) is 5.91. The van der Waals surface area contributed by atoms with Crippen molar-refractivity contribution in [3.8, 4) is 0 Å². The van der Waals surface area contributed by atoms with Crippen LogP contribution >= 0.6 is 22.6 Å². The van der Waals surface area contributed by atoms with Crippen LogP contribution in [-0.2, 0) is 13.0 Å². The van der Waals surface area contributed by atoms with E-state index >= 15 is 0 Å². The van der Waals surface area contributed by atoms with Gasteiger partial charge in [-0.15, -0.1) is 0 Å². The predicted molar refractivity (Wildman–Crippen MR) is 75.4 cm³/mol. The number of halogens is 1. The first-order valence-corrected chi connectivity index (χ1v) is 6.64. The summed E-state index contributed by atoms with van der Waals surface area (Å²) in [6.45, 7) is 7.34. The highest BCUT2D eigenvalue weighted by Gasteiger charge is 2.11. The summed E-state index contributed by atoms with van der Waals surface area (Å²) in [5.74, 6) is 1.56. The molecule has 0 atom stereocenters. The Kier molecular flexibility index (Phi) is 5.11. The van der Waals surface area contributed by atoms with Crippen LogP contribution in [0.2, 0.25) is 0 Å². The van der Waals surface area contributed by atoms with Gasteiger partial charge >= 0.3 is 0 Å². The summed E-state index contributed by atoms with van der Waals surface area (Å²) in [7, 11) is 4.07. The molecule has 3 nitrogen and oxygen atoms in total. The molecule has 0 saturated carbocycles. The van der Waals surface area contributed by atoms with E-state index in [9.17, 15) is 0 Å². The molecule has 0 aliphatic heterocycles. The monoisotopic (exact) mass is 333 g/mol. The highest BCUT2D eigenvalue weighted by Crippen LogP contribution is 2.17. The molecule has 0 saturated heterocycles. The normalized spacial score (nSPS) is 11.5. The molecule has 0 radical (unpaired) electrons. The van der Waals surface area contributed by atoms with Gasteiger partial charge in [0.25, 0.3) is 0 Å². The minimum atomic E-state index is 0.649. The lowest BCUT2D eigenvalue weighted by molar-refractivity contribution is 0.389. The summed E-state index contributed by atoms with van der Waals surface area (Å²) in [5.41, 5.74) is 2.43. The lowest BCUT2D eigenvalue weighted by atomic mass is 10.0. The van der Waals surface area contributed by atoms with Crippen molar-refractivity contribution in [3.05, 3.63) is 20.8 Å². The molecule has 16 heavy (non-hydrogen) atoms. The molecule has 1 aromatic rings. The fourth-order valence-electron chi connectivity index (χ4n) is 1.61. The van der Waals surface area contributed by atoms with Crippen LogP contribution < -0.4 is 0 Å². The molecule has 0 aliphatic rings. The third-order valence-corrected chi connectivity index (χ3v) is 3.17. The second-order valence-electron chi connectivity index (χ2n) is 4.83. The van der Waals surface area contributed by atoms with Gasteiger partial charge in [-0.05, 0) is 55.9 Å². The van der Waals surface area contributed by atoms with E-state index in [1.807, 2.05) is 14.1 Å². The van der Waals surface area contributed by atoms with E-state index in [4.69, 9.17) is 0 Å².